The summed E-state index contributed by atoms with van der Waals surface area (Å²) < 4.78 is 5.34. The second-order valence-electron chi connectivity index (χ2n) is 4.10. The topological polar surface area (TPSA) is 95.8 Å². The molecule has 6 nitrogen and oxygen atoms in total. The average Bonchev–Trinajstić information content (AvgIpc) is 2.53. The first-order valence-electron chi connectivity index (χ1n) is 5.98. The summed E-state index contributed by atoms with van der Waals surface area (Å²) in [6.45, 7) is 0. The molecule has 1 aromatic carbocycles. The largest absolute Gasteiger partial charge is 0.465 e. The van der Waals surface area contributed by atoms with E-state index >= 15 is 0 Å². The Morgan fingerprint density at radius 1 is 1.50 bits per heavy atom. The number of thioether (sulfide) groups is 1. The summed E-state index contributed by atoms with van der Waals surface area (Å²) in [7, 11) is 1.31. The number of esters is 1. The number of carbonyl (C=O) groups is 1. The van der Waals surface area contributed by atoms with Gasteiger partial charge in [-0.25, -0.2) is 9.78 Å². The molecule has 1 heterocycles. The number of benzene rings is 1. The predicted molar refractivity (Wildman–Crippen MR) is 90.8 cm³/mol. The lowest BCUT2D eigenvalue weighted by Crippen LogP contribution is -2.14. The van der Waals surface area contributed by atoms with Crippen LogP contribution >= 0.6 is 34.4 Å². The number of H-pyrrole nitrogens is 1. The first-order chi connectivity index (χ1) is 10.5. The Labute approximate surface area is 144 Å². The Kier molecular flexibility index (Phi) is 5.20. The summed E-state index contributed by atoms with van der Waals surface area (Å²) in [6, 6.07) is 6.80. The molecular weight excluding hydrogens is 417 g/mol. The van der Waals surface area contributed by atoms with E-state index in [1.165, 1.54) is 18.9 Å². The third kappa shape index (κ3) is 3.15. The number of rotatable bonds is 3. The third-order valence-corrected chi connectivity index (χ3v) is 4.32. The van der Waals surface area contributed by atoms with Crippen LogP contribution in [0.1, 0.15) is 15.9 Å². The van der Waals surface area contributed by atoms with Crippen molar-refractivity contribution >= 4 is 40.3 Å². The van der Waals surface area contributed by atoms with Gasteiger partial charge in [-0.05, 0) is 41.0 Å². The lowest BCUT2D eigenvalue weighted by Gasteiger charge is -2.08. The molecule has 0 aliphatic carbocycles. The minimum absolute atomic E-state index is 0.0561. The molecule has 0 fully saturated rings. The van der Waals surface area contributed by atoms with Gasteiger partial charge in [-0.2, -0.15) is 5.26 Å². The summed E-state index contributed by atoms with van der Waals surface area (Å²) in [5.41, 5.74) is 0.767. The van der Waals surface area contributed by atoms with Crippen molar-refractivity contribution in [3.63, 3.8) is 0 Å². The number of nitrogens with one attached hydrogen (secondary N) is 1. The molecule has 112 valence electrons. The second kappa shape index (κ2) is 6.93. The van der Waals surface area contributed by atoms with Gasteiger partial charge in [-0.15, -0.1) is 0 Å². The van der Waals surface area contributed by atoms with Gasteiger partial charge in [0.15, 0.2) is 5.16 Å². The average molecular weight is 427 g/mol. The number of carbonyl (C=O) groups excluding carboxylic acids is 1. The molecule has 2 rings (SSSR count). The second-order valence-corrected chi connectivity index (χ2v) is 6.05. The first kappa shape index (κ1) is 16.5. The van der Waals surface area contributed by atoms with Gasteiger partial charge in [0.25, 0.3) is 5.56 Å². The standard InChI is InChI=1S/C14H10IN3O3S/c1-21-13(20)8-4-3-7(5-10(8)15)11-9(6-16)12(19)18-14(17-11)22-2/h3-5H,1-2H3,(H,17,18,19). The fraction of sp³-hybridized carbons (Fsp3) is 0.143. The van der Waals surface area contributed by atoms with E-state index in [2.05, 4.69) is 9.97 Å². The van der Waals surface area contributed by atoms with E-state index in [0.717, 1.165) is 0 Å². The van der Waals surface area contributed by atoms with Crippen molar-refractivity contribution in [2.75, 3.05) is 13.4 Å². The van der Waals surface area contributed by atoms with Crippen LogP contribution < -0.4 is 5.56 Å². The minimum Gasteiger partial charge on any atom is -0.465 e. The molecule has 2 aromatic rings. The Balaban J connectivity index is 2.65. The molecule has 0 aliphatic rings. The predicted octanol–water partition coefficient (Wildman–Crippen LogP) is 2.42. The van der Waals surface area contributed by atoms with Gasteiger partial charge >= 0.3 is 5.97 Å². The van der Waals surface area contributed by atoms with Crippen molar-refractivity contribution in [2.24, 2.45) is 0 Å². The molecule has 22 heavy (non-hydrogen) atoms. The van der Waals surface area contributed by atoms with Crippen LogP contribution in [0.4, 0.5) is 0 Å². The highest BCUT2D eigenvalue weighted by atomic mass is 127. The van der Waals surface area contributed by atoms with Crippen LogP contribution in [-0.2, 0) is 4.74 Å². The van der Waals surface area contributed by atoms with Crippen molar-refractivity contribution in [1.29, 1.82) is 5.26 Å². The molecule has 0 amide bonds. The van der Waals surface area contributed by atoms with Crippen LogP contribution in [0, 0.1) is 14.9 Å². The van der Waals surface area contributed by atoms with E-state index in [9.17, 15) is 14.9 Å². The SMILES string of the molecule is COC(=O)c1ccc(-c2nc(SC)[nH]c(=O)c2C#N)cc1I. The molecule has 0 bridgehead atoms. The van der Waals surface area contributed by atoms with Gasteiger partial charge in [0, 0.05) is 9.13 Å². The minimum atomic E-state index is -0.482. The summed E-state index contributed by atoms with van der Waals surface area (Å²) in [5, 5.41) is 9.60. The fourth-order valence-corrected chi connectivity index (χ4v) is 2.91. The van der Waals surface area contributed by atoms with Crippen molar-refractivity contribution in [2.45, 2.75) is 5.16 Å². The van der Waals surface area contributed by atoms with Crippen LogP contribution in [0.3, 0.4) is 0 Å². The van der Waals surface area contributed by atoms with E-state index in [-0.39, 0.29) is 5.56 Å². The lowest BCUT2D eigenvalue weighted by molar-refractivity contribution is 0.0599. The molecule has 0 spiro atoms. The highest BCUT2D eigenvalue weighted by molar-refractivity contribution is 14.1. The van der Waals surface area contributed by atoms with Crippen LogP contribution in [0.15, 0.2) is 28.2 Å². The zero-order chi connectivity index (χ0) is 16.3. The fourth-order valence-electron chi connectivity index (χ4n) is 1.80. The van der Waals surface area contributed by atoms with E-state index in [0.29, 0.717) is 25.5 Å². The molecule has 8 heteroatoms. The van der Waals surface area contributed by atoms with E-state index in [1.807, 2.05) is 28.7 Å². The van der Waals surface area contributed by atoms with Gasteiger partial charge < -0.3 is 9.72 Å². The number of nitrogens with zero attached hydrogens (tertiary/aromatic N) is 2. The maximum Gasteiger partial charge on any atom is 0.338 e. The molecule has 0 radical (unpaired) electrons. The normalized spacial score (nSPS) is 10.1. The van der Waals surface area contributed by atoms with Crippen molar-refractivity contribution in [1.82, 2.24) is 9.97 Å². The zero-order valence-electron chi connectivity index (χ0n) is 11.6. The van der Waals surface area contributed by atoms with Gasteiger partial charge in [0.05, 0.1) is 18.4 Å². The molecule has 1 N–H and O–H groups in total. The molecule has 0 saturated heterocycles. The summed E-state index contributed by atoms with van der Waals surface area (Å²) in [5.74, 6) is -0.444. The van der Waals surface area contributed by atoms with Gasteiger partial charge in [-0.1, -0.05) is 17.8 Å². The van der Waals surface area contributed by atoms with E-state index in [4.69, 9.17) is 4.74 Å². The summed E-state index contributed by atoms with van der Waals surface area (Å²) in [4.78, 5) is 30.4. The number of hydrogen-bond donors (Lipinski definition) is 1. The molecule has 1 aromatic heterocycles. The Bertz CT molecular complexity index is 842. The summed E-state index contributed by atoms with van der Waals surface area (Å²) in [6.07, 6.45) is 1.78. The number of hydrogen-bond acceptors (Lipinski definition) is 6. The number of ether oxygens (including phenoxy) is 1. The Morgan fingerprint density at radius 2 is 2.23 bits per heavy atom. The van der Waals surface area contributed by atoms with Crippen LogP contribution in [0.25, 0.3) is 11.3 Å². The van der Waals surface area contributed by atoms with Crippen molar-refractivity contribution in [3.05, 3.63) is 43.2 Å². The molecule has 0 unspecified atom stereocenters. The molecular formula is C14H10IN3O3S. The maximum absolute atomic E-state index is 11.9. The molecule has 0 atom stereocenters. The van der Waals surface area contributed by atoms with Gasteiger partial charge in [0.1, 0.15) is 11.6 Å². The number of halogens is 1. The van der Waals surface area contributed by atoms with Crippen molar-refractivity contribution in [3.8, 4) is 17.3 Å². The molecule has 0 aliphatic heterocycles. The Morgan fingerprint density at radius 3 is 2.77 bits per heavy atom. The molecule has 0 saturated carbocycles. The number of aromatic nitrogens is 2. The first-order valence-corrected chi connectivity index (χ1v) is 8.28. The van der Waals surface area contributed by atoms with E-state index < -0.39 is 11.5 Å². The number of methoxy groups -OCH3 is 1. The van der Waals surface area contributed by atoms with Gasteiger partial charge in [0.2, 0.25) is 0 Å². The van der Waals surface area contributed by atoms with Gasteiger partial charge in [-0.3, -0.25) is 4.79 Å². The smallest absolute Gasteiger partial charge is 0.338 e. The summed E-state index contributed by atoms with van der Waals surface area (Å²) >= 11 is 3.27. The Hall–Kier alpha value is -1.86. The van der Waals surface area contributed by atoms with Crippen molar-refractivity contribution < 1.29 is 9.53 Å². The van der Waals surface area contributed by atoms with Crippen LogP contribution in [0.2, 0.25) is 0 Å². The third-order valence-electron chi connectivity index (χ3n) is 2.85. The monoisotopic (exact) mass is 427 g/mol. The van der Waals surface area contributed by atoms with E-state index in [1.54, 1.807) is 24.5 Å². The lowest BCUT2D eigenvalue weighted by atomic mass is 10.1. The highest BCUT2D eigenvalue weighted by Crippen LogP contribution is 2.25. The zero-order valence-corrected chi connectivity index (χ0v) is 14.6. The van der Waals surface area contributed by atoms with Crippen LogP contribution in [0.5, 0.6) is 0 Å². The number of nitriles is 1. The number of aromatic amines is 1. The van der Waals surface area contributed by atoms with Crippen LogP contribution in [-0.4, -0.2) is 29.3 Å². The highest BCUT2D eigenvalue weighted by Gasteiger charge is 2.16. The maximum atomic E-state index is 11.9. The quantitative estimate of drug-likeness (QED) is 0.350.